The molecule has 1 unspecified atom stereocenters. The summed E-state index contributed by atoms with van der Waals surface area (Å²) in [4.78, 5) is 12.6. The molecule has 0 saturated heterocycles. The zero-order valence-electron chi connectivity index (χ0n) is 15.3. The van der Waals surface area contributed by atoms with E-state index in [0.717, 1.165) is 5.56 Å². The third-order valence-corrected chi connectivity index (χ3v) is 4.10. The second-order valence-corrected chi connectivity index (χ2v) is 6.67. The van der Waals surface area contributed by atoms with Crippen molar-refractivity contribution in [3.8, 4) is 6.07 Å². The van der Waals surface area contributed by atoms with Crippen LogP contribution in [0.5, 0.6) is 0 Å². The van der Waals surface area contributed by atoms with Crippen molar-refractivity contribution in [3.05, 3.63) is 58.2 Å². The van der Waals surface area contributed by atoms with E-state index in [2.05, 4.69) is 19.9 Å². The summed E-state index contributed by atoms with van der Waals surface area (Å²) in [5, 5.41) is 9.56. The van der Waals surface area contributed by atoms with Crippen LogP contribution in [0, 0.1) is 11.3 Å². The summed E-state index contributed by atoms with van der Waals surface area (Å²) in [5.41, 5.74) is 8.42. The summed E-state index contributed by atoms with van der Waals surface area (Å²) in [6.45, 7) is 9.43. The number of nitriles is 1. The van der Waals surface area contributed by atoms with Crippen LogP contribution in [0.3, 0.4) is 0 Å². The van der Waals surface area contributed by atoms with Gasteiger partial charge in [0.1, 0.15) is 17.4 Å². The molecule has 0 radical (unpaired) electrons. The van der Waals surface area contributed by atoms with Gasteiger partial charge < -0.3 is 15.2 Å². The van der Waals surface area contributed by atoms with Crippen LogP contribution >= 0.6 is 0 Å². The van der Waals surface area contributed by atoms with Gasteiger partial charge in [0.2, 0.25) is 5.88 Å². The van der Waals surface area contributed by atoms with Crippen LogP contribution in [-0.4, -0.2) is 12.1 Å². The van der Waals surface area contributed by atoms with Gasteiger partial charge in [0.25, 0.3) is 0 Å². The monoisotopic (exact) mass is 340 g/mol. The van der Waals surface area contributed by atoms with Gasteiger partial charge in [-0.25, -0.2) is 4.79 Å². The van der Waals surface area contributed by atoms with Crippen LogP contribution in [-0.2, 0) is 14.3 Å². The normalized spacial score (nSPS) is 17.6. The van der Waals surface area contributed by atoms with Gasteiger partial charge in [-0.15, -0.1) is 0 Å². The SMILES string of the molecule is CC1=C(C(=O)OC(C)C)C(c2ccc(C(C)C)cc2)C(C#N)=C(N)O1. The Kier molecular flexibility index (Phi) is 5.53. The Balaban J connectivity index is 2.55. The minimum absolute atomic E-state index is 0.0269. The van der Waals surface area contributed by atoms with Gasteiger partial charge in [0, 0.05) is 0 Å². The first-order valence-corrected chi connectivity index (χ1v) is 8.35. The second kappa shape index (κ2) is 7.43. The maximum absolute atomic E-state index is 12.6. The molecular weight excluding hydrogens is 316 g/mol. The minimum Gasteiger partial charge on any atom is -0.459 e. The number of nitrogens with zero attached hydrogens (tertiary/aromatic N) is 1. The fourth-order valence-corrected chi connectivity index (χ4v) is 2.83. The first-order chi connectivity index (χ1) is 11.8. The van der Waals surface area contributed by atoms with E-state index >= 15 is 0 Å². The number of esters is 1. The van der Waals surface area contributed by atoms with Crippen molar-refractivity contribution in [2.24, 2.45) is 5.73 Å². The quantitative estimate of drug-likeness (QED) is 0.842. The molecule has 2 N–H and O–H groups in total. The Hall–Kier alpha value is -2.74. The van der Waals surface area contributed by atoms with Gasteiger partial charge in [0.15, 0.2) is 0 Å². The third kappa shape index (κ3) is 3.85. The lowest BCUT2D eigenvalue weighted by atomic mass is 9.82. The summed E-state index contributed by atoms with van der Waals surface area (Å²) in [7, 11) is 0. The van der Waals surface area contributed by atoms with Crippen molar-refractivity contribution in [2.75, 3.05) is 0 Å². The summed E-state index contributed by atoms with van der Waals surface area (Å²) >= 11 is 0. The predicted octanol–water partition coefficient (Wildman–Crippen LogP) is 3.84. The number of allylic oxidation sites excluding steroid dienone is 2. The zero-order chi connectivity index (χ0) is 18.7. The van der Waals surface area contributed by atoms with Crippen LogP contribution in [0.15, 0.2) is 47.1 Å². The molecule has 0 fully saturated rings. The third-order valence-electron chi connectivity index (χ3n) is 4.10. The van der Waals surface area contributed by atoms with Crippen molar-refractivity contribution in [3.63, 3.8) is 0 Å². The Morgan fingerprint density at radius 2 is 1.84 bits per heavy atom. The molecule has 1 aliphatic heterocycles. The molecule has 0 bridgehead atoms. The number of carbonyl (C=O) groups excluding carboxylic acids is 1. The molecule has 0 spiro atoms. The highest BCUT2D eigenvalue weighted by atomic mass is 16.5. The molecule has 25 heavy (non-hydrogen) atoms. The molecular formula is C20H24N2O3. The zero-order valence-corrected chi connectivity index (χ0v) is 15.3. The van der Waals surface area contributed by atoms with E-state index in [-0.39, 0.29) is 17.6 Å². The highest BCUT2D eigenvalue weighted by Crippen LogP contribution is 2.39. The molecule has 2 rings (SSSR count). The van der Waals surface area contributed by atoms with Gasteiger partial charge >= 0.3 is 5.97 Å². The molecule has 1 aromatic carbocycles. The standard InChI is InChI=1S/C20H24N2O3/c1-11(2)14-6-8-15(9-7-14)18-16(10-21)19(22)25-13(5)17(18)20(23)24-12(3)4/h6-9,11-12,18H,22H2,1-5H3. The molecule has 0 aliphatic carbocycles. The number of hydrogen-bond donors (Lipinski definition) is 1. The fourth-order valence-electron chi connectivity index (χ4n) is 2.83. The van der Waals surface area contributed by atoms with E-state index in [4.69, 9.17) is 15.2 Å². The number of ether oxygens (including phenoxy) is 2. The maximum Gasteiger partial charge on any atom is 0.338 e. The van der Waals surface area contributed by atoms with Crippen molar-refractivity contribution in [1.82, 2.24) is 0 Å². The average molecular weight is 340 g/mol. The van der Waals surface area contributed by atoms with E-state index < -0.39 is 11.9 Å². The minimum atomic E-state index is -0.591. The highest BCUT2D eigenvalue weighted by molar-refractivity contribution is 5.92. The molecule has 0 saturated carbocycles. The molecule has 0 amide bonds. The van der Waals surface area contributed by atoms with E-state index in [1.807, 2.05) is 24.3 Å². The summed E-state index contributed by atoms with van der Waals surface area (Å²) in [6.07, 6.45) is -0.273. The van der Waals surface area contributed by atoms with Gasteiger partial charge in [-0.05, 0) is 37.8 Å². The highest BCUT2D eigenvalue weighted by Gasteiger charge is 2.36. The number of hydrogen-bond acceptors (Lipinski definition) is 5. The lowest BCUT2D eigenvalue weighted by molar-refractivity contribution is -0.143. The van der Waals surface area contributed by atoms with Gasteiger partial charge in [-0.3, -0.25) is 0 Å². The molecule has 1 atom stereocenters. The van der Waals surface area contributed by atoms with Crippen LogP contribution in [0.1, 0.15) is 57.6 Å². The van der Waals surface area contributed by atoms with Crippen molar-refractivity contribution in [2.45, 2.75) is 52.6 Å². The Labute approximate surface area is 148 Å². The first-order valence-electron chi connectivity index (χ1n) is 8.35. The van der Waals surface area contributed by atoms with E-state index in [1.54, 1.807) is 20.8 Å². The molecule has 132 valence electrons. The van der Waals surface area contributed by atoms with E-state index in [9.17, 15) is 10.1 Å². The molecule has 1 heterocycles. The smallest absolute Gasteiger partial charge is 0.338 e. The molecule has 5 heteroatoms. The number of rotatable bonds is 4. The van der Waals surface area contributed by atoms with Gasteiger partial charge in [-0.2, -0.15) is 5.26 Å². The summed E-state index contributed by atoms with van der Waals surface area (Å²) < 4.78 is 10.8. The lowest BCUT2D eigenvalue weighted by Gasteiger charge is -2.27. The first kappa shape index (κ1) is 18.6. The van der Waals surface area contributed by atoms with Crippen molar-refractivity contribution >= 4 is 5.97 Å². The number of carbonyl (C=O) groups is 1. The lowest BCUT2D eigenvalue weighted by Crippen LogP contribution is -2.26. The molecule has 1 aliphatic rings. The van der Waals surface area contributed by atoms with Crippen LogP contribution in [0.2, 0.25) is 0 Å². The Bertz CT molecular complexity index is 765. The van der Waals surface area contributed by atoms with Crippen molar-refractivity contribution in [1.29, 1.82) is 5.26 Å². The predicted molar refractivity (Wildman–Crippen MR) is 95.1 cm³/mol. The summed E-state index contributed by atoms with van der Waals surface area (Å²) in [5.74, 6) is -0.307. The van der Waals surface area contributed by atoms with E-state index in [0.29, 0.717) is 17.3 Å². The molecule has 0 aromatic heterocycles. The largest absolute Gasteiger partial charge is 0.459 e. The number of nitrogens with two attached hydrogens (primary N) is 1. The second-order valence-electron chi connectivity index (χ2n) is 6.67. The fraction of sp³-hybridized carbons (Fsp3) is 0.400. The van der Waals surface area contributed by atoms with Crippen LogP contribution in [0.4, 0.5) is 0 Å². The number of benzene rings is 1. The molecule has 5 nitrogen and oxygen atoms in total. The maximum atomic E-state index is 12.6. The Morgan fingerprint density at radius 1 is 1.24 bits per heavy atom. The average Bonchev–Trinajstić information content (AvgIpc) is 2.53. The van der Waals surface area contributed by atoms with E-state index in [1.165, 1.54) is 5.56 Å². The summed E-state index contributed by atoms with van der Waals surface area (Å²) in [6, 6.07) is 9.93. The van der Waals surface area contributed by atoms with Gasteiger partial charge in [-0.1, -0.05) is 38.1 Å². The van der Waals surface area contributed by atoms with Crippen molar-refractivity contribution < 1.29 is 14.3 Å². The topological polar surface area (TPSA) is 85.3 Å². The molecule has 1 aromatic rings. The Morgan fingerprint density at radius 3 is 2.32 bits per heavy atom. The van der Waals surface area contributed by atoms with Crippen LogP contribution in [0.25, 0.3) is 0 Å². The van der Waals surface area contributed by atoms with Crippen LogP contribution < -0.4 is 5.73 Å². The van der Waals surface area contributed by atoms with Gasteiger partial charge in [0.05, 0.1) is 17.6 Å².